The van der Waals surface area contributed by atoms with E-state index in [1.807, 2.05) is 11.0 Å². The monoisotopic (exact) mass is 305 g/mol. The molecule has 1 unspecified atom stereocenters. The van der Waals surface area contributed by atoms with Gasteiger partial charge in [-0.2, -0.15) is 5.26 Å². The van der Waals surface area contributed by atoms with Crippen molar-refractivity contribution in [3.8, 4) is 6.07 Å². The minimum absolute atomic E-state index is 0.119. The first-order valence-corrected chi connectivity index (χ1v) is 7.47. The minimum atomic E-state index is -0.384. The molecule has 1 heterocycles. The van der Waals surface area contributed by atoms with Crippen molar-refractivity contribution in [2.45, 2.75) is 25.8 Å². The molecule has 0 aliphatic carbocycles. The predicted octanol–water partition coefficient (Wildman–Crippen LogP) is 1.82. The highest BCUT2D eigenvalue weighted by atomic mass is 19.1. The Morgan fingerprint density at radius 1 is 1.59 bits per heavy atom. The van der Waals surface area contributed by atoms with E-state index in [0.29, 0.717) is 24.4 Å². The zero-order chi connectivity index (χ0) is 15.9. The number of ether oxygens (including phenoxy) is 1. The molecule has 1 fully saturated rings. The molecule has 0 radical (unpaired) electrons. The van der Waals surface area contributed by atoms with Crippen molar-refractivity contribution in [2.24, 2.45) is 0 Å². The smallest absolute Gasteiger partial charge is 0.319 e. The molecule has 1 aliphatic heterocycles. The average molecular weight is 305 g/mol. The van der Waals surface area contributed by atoms with Crippen LogP contribution in [-0.4, -0.2) is 38.3 Å². The SMILES string of the molecule is CCOC(=O)CNC1CCCN(c2ccc(C#N)cc2F)C1. The molecule has 0 spiro atoms. The zero-order valence-electron chi connectivity index (χ0n) is 12.6. The summed E-state index contributed by atoms with van der Waals surface area (Å²) < 4.78 is 19.0. The Morgan fingerprint density at radius 3 is 3.09 bits per heavy atom. The third kappa shape index (κ3) is 4.18. The van der Waals surface area contributed by atoms with Crippen LogP contribution in [0.3, 0.4) is 0 Å². The van der Waals surface area contributed by atoms with Gasteiger partial charge in [0.1, 0.15) is 5.82 Å². The summed E-state index contributed by atoms with van der Waals surface area (Å²) in [5.74, 6) is -0.658. The van der Waals surface area contributed by atoms with Gasteiger partial charge in [0, 0.05) is 19.1 Å². The number of benzene rings is 1. The van der Waals surface area contributed by atoms with Crippen molar-refractivity contribution in [3.63, 3.8) is 0 Å². The fourth-order valence-corrected chi connectivity index (χ4v) is 2.64. The summed E-state index contributed by atoms with van der Waals surface area (Å²) in [4.78, 5) is 13.3. The molecule has 0 saturated carbocycles. The van der Waals surface area contributed by atoms with E-state index in [9.17, 15) is 9.18 Å². The summed E-state index contributed by atoms with van der Waals surface area (Å²) in [6.07, 6.45) is 1.85. The molecule has 0 bridgehead atoms. The first-order chi connectivity index (χ1) is 10.6. The van der Waals surface area contributed by atoms with Gasteiger partial charge in [0.25, 0.3) is 0 Å². The molecule has 1 N–H and O–H groups in total. The van der Waals surface area contributed by atoms with Crippen LogP contribution in [0.15, 0.2) is 18.2 Å². The van der Waals surface area contributed by atoms with Gasteiger partial charge in [-0.15, -0.1) is 0 Å². The molecule has 6 heteroatoms. The van der Waals surface area contributed by atoms with Gasteiger partial charge >= 0.3 is 5.97 Å². The number of carbonyl (C=O) groups excluding carboxylic acids is 1. The van der Waals surface area contributed by atoms with Gasteiger partial charge in [0.05, 0.1) is 30.5 Å². The summed E-state index contributed by atoms with van der Waals surface area (Å²) in [7, 11) is 0. The van der Waals surface area contributed by atoms with Crippen molar-refractivity contribution in [1.29, 1.82) is 5.26 Å². The summed E-state index contributed by atoms with van der Waals surface area (Å²) in [6.45, 7) is 3.70. The van der Waals surface area contributed by atoms with E-state index in [0.717, 1.165) is 19.4 Å². The van der Waals surface area contributed by atoms with Gasteiger partial charge in [0.2, 0.25) is 0 Å². The highest BCUT2D eigenvalue weighted by molar-refractivity contribution is 5.71. The summed E-state index contributed by atoms with van der Waals surface area (Å²) >= 11 is 0. The standard InChI is InChI=1S/C16H20FN3O2/c1-2-22-16(21)10-19-13-4-3-7-20(11-13)15-6-5-12(9-18)8-14(15)17/h5-6,8,13,19H,2-4,7,10-11H2,1H3. The fourth-order valence-electron chi connectivity index (χ4n) is 2.64. The number of esters is 1. The van der Waals surface area contributed by atoms with Crippen LogP contribution in [-0.2, 0) is 9.53 Å². The van der Waals surface area contributed by atoms with E-state index >= 15 is 0 Å². The number of carbonyl (C=O) groups is 1. The Balaban J connectivity index is 1.96. The number of hydrogen-bond donors (Lipinski definition) is 1. The highest BCUT2D eigenvalue weighted by Crippen LogP contribution is 2.24. The van der Waals surface area contributed by atoms with Crippen LogP contribution in [0.2, 0.25) is 0 Å². The summed E-state index contributed by atoms with van der Waals surface area (Å²) in [5.41, 5.74) is 0.817. The normalized spacial score (nSPS) is 17.9. The zero-order valence-corrected chi connectivity index (χ0v) is 12.6. The second kappa shape index (κ2) is 7.76. The van der Waals surface area contributed by atoms with Crippen molar-refractivity contribution in [2.75, 3.05) is 31.1 Å². The lowest BCUT2D eigenvalue weighted by atomic mass is 10.0. The van der Waals surface area contributed by atoms with E-state index < -0.39 is 0 Å². The first kappa shape index (κ1) is 16.2. The minimum Gasteiger partial charge on any atom is -0.465 e. The van der Waals surface area contributed by atoms with Gasteiger partial charge in [-0.3, -0.25) is 4.79 Å². The molecule has 2 rings (SSSR count). The molecular weight excluding hydrogens is 285 g/mol. The maximum Gasteiger partial charge on any atom is 0.319 e. The number of halogens is 1. The van der Waals surface area contributed by atoms with Gasteiger partial charge in [-0.1, -0.05) is 0 Å². The van der Waals surface area contributed by atoms with E-state index in [1.54, 1.807) is 19.1 Å². The molecule has 1 aromatic rings. The van der Waals surface area contributed by atoms with Crippen LogP contribution in [0, 0.1) is 17.1 Å². The average Bonchev–Trinajstić information content (AvgIpc) is 2.53. The van der Waals surface area contributed by atoms with Crippen LogP contribution in [0.25, 0.3) is 0 Å². The molecule has 118 valence electrons. The van der Waals surface area contributed by atoms with Gasteiger partial charge < -0.3 is 15.0 Å². The number of hydrogen-bond acceptors (Lipinski definition) is 5. The lowest BCUT2D eigenvalue weighted by molar-refractivity contribution is -0.142. The largest absolute Gasteiger partial charge is 0.465 e. The molecule has 1 saturated heterocycles. The van der Waals surface area contributed by atoms with Crippen molar-refractivity contribution >= 4 is 11.7 Å². The van der Waals surface area contributed by atoms with Crippen LogP contribution < -0.4 is 10.2 Å². The molecule has 1 aromatic carbocycles. The Labute approximate surface area is 129 Å². The number of nitriles is 1. The van der Waals surface area contributed by atoms with Crippen molar-refractivity contribution in [3.05, 3.63) is 29.6 Å². The quantitative estimate of drug-likeness (QED) is 0.841. The highest BCUT2D eigenvalue weighted by Gasteiger charge is 2.22. The Hall–Kier alpha value is -2.13. The maximum atomic E-state index is 14.1. The van der Waals surface area contributed by atoms with E-state index in [2.05, 4.69) is 5.32 Å². The van der Waals surface area contributed by atoms with Crippen molar-refractivity contribution < 1.29 is 13.9 Å². The van der Waals surface area contributed by atoms with Gasteiger partial charge in [-0.05, 0) is 38.0 Å². The van der Waals surface area contributed by atoms with Crippen LogP contribution >= 0.6 is 0 Å². The molecule has 5 nitrogen and oxygen atoms in total. The number of rotatable bonds is 5. The van der Waals surface area contributed by atoms with Gasteiger partial charge in [-0.25, -0.2) is 4.39 Å². The van der Waals surface area contributed by atoms with E-state index in [1.165, 1.54) is 6.07 Å². The number of piperidine rings is 1. The Bertz CT molecular complexity index is 571. The second-order valence-corrected chi connectivity index (χ2v) is 5.25. The number of anilines is 1. The Kier molecular flexibility index (Phi) is 5.73. The van der Waals surface area contributed by atoms with Crippen molar-refractivity contribution in [1.82, 2.24) is 5.32 Å². The first-order valence-electron chi connectivity index (χ1n) is 7.47. The third-order valence-corrected chi connectivity index (χ3v) is 3.68. The van der Waals surface area contributed by atoms with Crippen LogP contribution in [0.1, 0.15) is 25.3 Å². The second-order valence-electron chi connectivity index (χ2n) is 5.25. The molecule has 1 aliphatic rings. The lowest BCUT2D eigenvalue weighted by Gasteiger charge is -2.35. The molecular formula is C16H20FN3O2. The third-order valence-electron chi connectivity index (χ3n) is 3.68. The predicted molar refractivity (Wildman–Crippen MR) is 81.0 cm³/mol. The van der Waals surface area contributed by atoms with Gasteiger partial charge in [0.15, 0.2) is 0 Å². The van der Waals surface area contributed by atoms with E-state index in [-0.39, 0.29) is 24.4 Å². The molecule has 22 heavy (non-hydrogen) atoms. The molecule has 0 amide bonds. The number of nitrogens with zero attached hydrogens (tertiary/aromatic N) is 2. The molecule has 0 aromatic heterocycles. The lowest BCUT2D eigenvalue weighted by Crippen LogP contribution is -2.47. The Morgan fingerprint density at radius 2 is 2.41 bits per heavy atom. The topological polar surface area (TPSA) is 65.4 Å². The van der Waals surface area contributed by atoms with E-state index in [4.69, 9.17) is 10.00 Å². The summed E-state index contributed by atoms with van der Waals surface area (Å²) in [6, 6.07) is 6.56. The number of nitrogens with one attached hydrogen (secondary N) is 1. The van der Waals surface area contributed by atoms with Crippen LogP contribution in [0.4, 0.5) is 10.1 Å². The fraction of sp³-hybridized carbons (Fsp3) is 0.500. The molecule has 1 atom stereocenters. The maximum absolute atomic E-state index is 14.1. The summed E-state index contributed by atoms with van der Waals surface area (Å²) in [5, 5.41) is 11.9. The van der Waals surface area contributed by atoms with Crippen LogP contribution in [0.5, 0.6) is 0 Å².